The summed E-state index contributed by atoms with van der Waals surface area (Å²) in [4.78, 5) is 8.44. The number of aryl methyl sites for hydroxylation is 1. The first-order valence-corrected chi connectivity index (χ1v) is 4.05. The number of para-hydroxylation sites is 1. The van der Waals surface area contributed by atoms with Gasteiger partial charge in [-0.25, -0.2) is 9.97 Å². The molecule has 64 valence electrons. The normalized spacial score (nSPS) is 10.2. The molecule has 1 N–H and O–H groups in total. The summed E-state index contributed by atoms with van der Waals surface area (Å²) >= 11 is 0. The van der Waals surface area contributed by atoms with Gasteiger partial charge in [-0.15, -0.1) is 0 Å². The zero-order valence-electron chi connectivity index (χ0n) is 7.28. The molecule has 1 aromatic carbocycles. The molecule has 0 unspecified atom stereocenters. The van der Waals surface area contributed by atoms with E-state index in [9.17, 15) is 0 Å². The van der Waals surface area contributed by atoms with Crippen molar-refractivity contribution in [2.45, 2.75) is 6.92 Å². The molecule has 0 aliphatic carbocycles. The van der Waals surface area contributed by atoms with Crippen molar-refractivity contribution in [3.05, 3.63) is 35.8 Å². The van der Waals surface area contributed by atoms with E-state index in [0.717, 1.165) is 10.9 Å². The lowest BCUT2D eigenvalue weighted by Crippen LogP contribution is -1.95. The van der Waals surface area contributed by atoms with E-state index >= 15 is 0 Å². The summed E-state index contributed by atoms with van der Waals surface area (Å²) in [6, 6.07) is 7.71. The van der Waals surface area contributed by atoms with Crippen molar-refractivity contribution in [3.63, 3.8) is 0 Å². The fourth-order valence-corrected chi connectivity index (χ4v) is 1.33. The summed E-state index contributed by atoms with van der Waals surface area (Å²) in [5.41, 5.74) is 1.58. The Bertz CT molecular complexity index is 463. The van der Waals surface area contributed by atoms with Gasteiger partial charge in [-0.3, -0.25) is 0 Å². The highest BCUT2D eigenvalue weighted by molar-refractivity contribution is 5.94. The topological polar surface area (TPSA) is 49.6 Å². The van der Waals surface area contributed by atoms with Crippen molar-refractivity contribution >= 4 is 17.1 Å². The Morgan fingerprint density at radius 3 is 2.77 bits per heavy atom. The molecule has 0 saturated heterocycles. The molecular formula is C10H9N3. The number of nitrogens with zero attached hydrogens (tertiary/aromatic N) is 2. The van der Waals surface area contributed by atoms with Crippen molar-refractivity contribution in [2.24, 2.45) is 0 Å². The number of rotatable bonds is 1. The molecule has 0 radical (unpaired) electrons. The van der Waals surface area contributed by atoms with Crippen LogP contribution in [0.15, 0.2) is 24.3 Å². The molecule has 0 bridgehead atoms. The zero-order valence-corrected chi connectivity index (χ0v) is 7.28. The Morgan fingerprint density at radius 1 is 1.23 bits per heavy atom. The van der Waals surface area contributed by atoms with Crippen LogP contribution < -0.4 is 0 Å². The third-order valence-corrected chi connectivity index (χ3v) is 1.88. The molecule has 1 heterocycles. The first-order chi connectivity index (χ1) is 6.31. The average Bonchev–Trinajstić information content (AvgIpc) is 2.16. The van der Waals surface area contributed by atoms with Crippen molar-refractivity contribution < 1.29 is 0 Å². The number of hydrogen-bond donors (Lipinski definition) is 1. The van der Waals surface area contributed by atoms with Crippen LogP contribution in [0.1, 0.15) is 11.5 Å². The van der Waals surface area contributed by atoms with Crippen LogP contribution in [-0.4, -0.2) is 16.2 Å². The molecule has 1 aromatic heterocycles. The van der Waals surface area contributed by atoms with Crippen molar-refractivity contribution in [1.29, 1.82) is 5.41 Å². The van der Waals surface area contributed by atoms with Crippen LogP contribution in [0.5, 0.6) is 0 Å². The fourth-order valence-electron chi connectivity index (χ4n) is 1.33. The van der Waals surface area contributed by atoms with Gasteiger partial charge in [0.25, 0.3) is 0 Å². The van der Waals surface area contributed by atoms with Gasteiger partial charge >= 0.3 is 0 Å². The lowest BCUT2D eigenvalue weighted by molar-refractivity contribution is 1.08. The molecule has 0 amide bonds. The average molecular weight is 171 g/mol. The molecule has 0 atom stereocenters. The molecule has 3 heteroatoms. The Hall–Kier alpha value is -1.77. The minimum absolute atomic E-state index is 0.683. The lowest BCUT2D eigenvalue weighted by atomic mass is 10.2. The first-order valence-electron chi connectivity index (χ1n) is 4.05. The highest BCUT2D eigenvalue weighted by Gasteiger charge is 2.01. The van der Waals surface area contributed by atoms with Gasteiger partial charge in [-0.2, -0.15) is 0 Å². The number of fused-ring (bicyclic) bond motifs is 1. The van der Waals surface area contributed by atoms with Crippen molar-refractivity contribution in [1.82, 2.24) is 9.97 Å². The summed E-state index contributed by atoms with van der Waals surface area (Å²) in [6.07, 6.45) is 1.26. The highest BCUT2D eigenvalue weighted by Crippen LogP contribution is 2.13. The van der Waals surface area contributed by atoms with Gasteiger partial charge in [0, 0.05) is 11.6 Å². The van der Waals surface area contributed by atoms with Gasteiger partial charge in [0.2, 0.25) is 0 Å². The van der Waals surface area contributed by atoms with E-state index in [-0.39, 0.29) is 0 Å². The predicted molar refractivity (Wildman–Crippen MR) is 52.2 cm³/mol. The van der Waals surface area contributed by atoms with Crippen LogP contribution in [0.25, 0.3) is 10.9 Å². The number of hydrogen-bond acceptors (Lipinski definition) is 3. The molecule has 2 rings (SSSR count). The Labute approximate surface area is 76.0 Å². The van der Waals surface area contributed by atoms with E-state index in [1.165, 1.54) is 6.21 Å². The van der Waals surface area contributed by atoms with Gasteiger partial charge in [0.15, 0.2) is 0 Å². The molecule has 0 aliphatic rings. The number of benzene rings is 1. The second-order valence-corrected chi connectivity index (χ2v) is 2.82. The van der Waals surface area contributed by atoms with Gasteiger partial charge in [-0.05, 0) is 13.0 Å². The van der Waals surface area contributed by atoms with Gasteiger partial charge in [-0.1, -0.05) is 18.2 Å². The summed E-state index contributed by atoms with van der Waals surface area (Å²) in [7, 11) is 0. The second kappa shape index (κ2) is 2.94. The maximum atomic E-state index is 7.21. The van der Waals surface area contributed by atoms with Gasteiger partial charge in [0.1, 0.15) is 5.82 Å². The Balaban J connectivity index is 2.89. The van der Waals surface area contributed by atoms with E-state index in [0.29, 0.717) is 11.5 Å². The first kappa shape index (κ1) is 7.86. The molecule has 2 aromatic rings. The molecular weight excluding hydrogens is 162 g/mol. The van der Waals surface area contributed by atoms with Crippen LogP contribution >= 0.6 is 0 Å². The molecule has 0 fully saturated rings. The number of nitrogens with one attached hydrogen (secondary N) is 1. The van der Waals surface area contributed by atoms with Crippen LogP contribution in [0, 0.1) is 12.3 Å². The summed E-state index contributed by atoms with van der Waals surface area (Å²) < 4.78 is 0. The lowest BCUT2D eigenvalue weighted by Gasteiger charge is -2.00. The van der Waals surface area contributed by atoms with E-state index in [2.05, 4.69) is 9.97 Å². The second-order valence-electron chi connectivity index (χ2n) is 2.82. The Kier molecular flexibility index (Phi) is 1.77. The van der Waals surface area contributed by atoms with Crippen LogP contribution in [0.4, 0.5) is 0 Å². The predicted octanol–water partition coefficient (Wildman–Crippen LogP) is 1.94. The summed E-state index contributed by atoms with van der Waals surface area (Å²) in [5.74, 6) is 0.706. The highest BCUT2D eigenvalue weighted by atomic mass is 14.9. The molecule has 3 nitrogen and oxygen atoms in total. The summed E-state index contributed by atoms with van der Waals surface area (Å²) in [6.45, 7) is 1.83. The van der Waals surface area contributed by atoms with Crippen LogP contribution in [0.2, 0.25) is 0 Å². The largest absolute Gasteiger partial charge is 0.306 e. The minimum Gasteiger partial charge on any atom is -0.306 e. The fraction of sp³-hybridized carbons (Fsp3) is 0.100. The van der Waals surface area contributed by atoms with Gasteiger partial charge < -0.3 is 5.41 Å². The van der Waals surface area contributed by atoms with Crippen molar-refractivity contribution in [2.75, 3.05) is 0 Å². The molecule has 0 aliphatic heterocycles. The van der Waals surface area contributed by atoms with Crippen LogP contribution in [-0.2, 0) is 0 Å². The Morgan fingerprint density at radius 2 is 2.00 bits per heavy atom. The monoisotopic (exact) mass is 171 g/mol. The number of aromatic nitrogens is 2. The van der Waals surface area contributed by atoms with Crippen LogP contribution in [0.3, 0.4) is 0 Å². The maximum Gasteiger partial charge on any atom is 0.126 e. The minimum atomic E-state index is 0.683. The standard InChI is InChI=1S/C10H9N3/c1-7-12-9-5-3-2-4-8(9)10(6-11)13-7/h2-6,11H,1H3. The van der Waals surface area contributed by atoms with E-state index < -0.39 is 0 Å². The SMILES string of the molecule is Cc1nc(C=N)c2ccccc2n1. The smallest absolute Gasteiger partial charge is 0.126 e. The van der Waals surface area contributed by atoms with E-state index in [1.807, 2.05) is 31.2 Å². The molecule has 0 spiro atoms. The quantitative estimate of drug-likeness (QED) is 0.666. The van der Waals surface area contributed by atoms with Gasteiger partial charge in [0.05, 0.1) is 11.2 Å². The summed E-state index contributed by atoms with van der Waals surface area (Å²) in [5, 5.41) is 8.14. The maximum absolute atomic E-state index is 7.21. The third-order valence-electron chi connectivity index (χ3n) is 1.88. The molecule has 13 heavy (non-hydrogen) atoms. The zero-order chi connectivity index (χ0) is 9.26. The third kappa shape index (κ3) is 1.28. The van der Waals surface area contributed by atoms with E-state index in [4.69, 9.17) is 5.41 Å². The van der Waals surface area contributed by atoms with Crippen molar-refractivity contribution in [3.8, 4) is 0 Å². The van der Waals surface area contributed by atoms with E-state index in [1.54, 1.807) is 0 Å². The molecule has 0 saturated carbocycles.